The first-order valence-electron chi connectivity index (χ1n) is 12.4. The summed E-state index contributed by atoms with van der Waals surface area (Å²) in [5.74, 6) is 1.50. The third-order valence-corrected chi connectivity index (χ3v) is 7.19. The molecule has 1 N–H and O–H groups in total. The second kappa shape index (κ2) is 8.71. The molecule has 0 unspecified atom stereocenters. The molecule has 0 radical (unpaired) electrons. The van der Waals surface area contributed by atoms with Crippen LogP contribution in [0.5, 0.6) is 0 Å². The summed E-state index contributed by atoms with van der Waals surface area (Å²) in [6.45, 7) is 10.2. The van der Waals surface area contributed by atoms with Crippen molar-refractivity contribution in [1.29, 1.82) is 0 Å². The van der Waals surface area contributed by atoms with E-state index in [2.05, 4.69) is 68.4 Å². The molecule has 1 aliphatic rings. The highest BCUT2D eigenvalue weighted by Crippen LogP contribution is 2.34. The summed E-state index contributed by atoms with van der Waals surface area (Å²) in [7, 11) is 2.15. The number of aromatic nitrogens is 5. The van der Waals surface area contributed by atoms with Crippen molar-refractivity contribution in [2.24, 2.45) is 0 Å². The minimum atomic E-state index is -0.313. The van der Waals surface area contributed by atoms with Crippen LogP contribution in [0, 0.1) is 12.7 Å². The molecule has 1 fully saturated rings. The molecule has 5 heterocycles. The van der Waals surface area contributed by atoms with Gasteiger partial charge in [-0.25, -0.2) is 19.3 Å². The molecule has 6 rings (SSSR count). The minimum absolute atomic E-state index is 0.183. The van der Waals surface area contributed by atoms with Crippen LogP contribution in [0.3, 0.4) is 0 Å². The maximum atomic E-state index is 15.1. The third-order valence-electron chi connectivity index (χ3n) is 7.19. The Morgan fingerprint density at radius 1 is 0.944 bits per heavy atom. The molecular formula is C28H30FN7. The number of aryl methyl sites for hydroxylation is 1. The summed E-state index contributed by atoms with van der Waals surface area (Å²) in [6.07, 6.45) is 5.67. The number of fused-ring (bicyclic) bond motifs is 2. The monoisotopic (exact) mass is 483 g/mol. The van der Waals surface area contributed by atoms with E-state index in [-0.39, 0.29) is 11.9 Å². The van der Waals surface area contributed by atoms with Crippen LogP contribution in [-0.4, -0.2) is 62.6 Å². The fourth-order valence-corrected chi connectivity index (χ4v) is 5.26. The zero-order valence-corrected chi connectivity index (χ0v) is 21.1. The van der Waals surface area contributed by atoms with Gasteiger partial charge in [0.25, 0.3) is 0 Å². The van der Waals surface area contributed by atoms with Gasteiger partial charge in [0, 0.05) is 72.9 Å². The van der Waals surface area contributed by atoms with Gasteiger partial charge in [-0.15, -0.1) is 0 Å². The summed E-state index contributed by atoms with van der Waals surface area (Å²) in [6, 6.07) is 10.1. The van der Waals surface area contributed by atoms with E-state index in [1.54, 1.807) is 6.07 Å². The number of piperazine rings is 1. The van der Waals surface area contributed by atoms with E-state index < -0.39 is 0 Å². The van der Waals surface area contributed by atoms with Crippen LogP contribution in [0.1, 0.15) is 25.7 Å². The summed E-state index contributed by atoms with van der Waals surface area (Å²) in [5, 5.41) is 0.946. The molecule has 1 saturated heterocycles. The smallest absolute Gasteiger partial charge is 0.151 e. The number of pyridine rings is 2. The normalized spacial score (nSPS) is 15.0. The highest BCUT2D eigenvalue weighted by molar-refractivity contribution is 5.97. The number of rotatable bonds is 4. The fraction of sp³-hybridized carbons (Fsp3) is 0.321. The average molecular weight is 484 g/mol. The number of hydrogen-bond donors (Lipinski definition) is 1. The van der Waals surface area contributed by atoms with Gasteiger partial charge in [-0.05, 0) is 63.7 Å². The van der Waals surface area contributed by atoms with Crippen molar-refractivity contribution < 1.29 is 4.39 Å². The number of likely N-dealkylation sites (N-methyl/N-ethyl adjacent to an activating group) is 1. The molecule has 0 amide bonds. The molecule has 0 spiro atoms. The highest BCUT2D eigenvalue weighted by atomic mass is 19.1. The number of nitrogens with zero attached hydrogens (tertiary/aromatic N) is 6. The van der Waals surface area contributed by atoms with Gasteiger partial charge in [0.2, 0.25) is 0 Å². The van der Waals surface area contributed by atoms with Gasteiger partial charge in [-0.2, -0.15) is 0 Å². The lowest BCUT2D eigenvalue weighted by Crippen LogP contribution is -2.44. The Labute approximate surface area is 209 Å². The Morgan fingerprint density at radius 2 is 1.72 bits per heavy atom. The number of aromatic amines is 1. The Balaban J connectivity index is 1.38. The minimum Gasteiger partial charge on any atom is -0.354 e. The number of hydrogen-bond acceptors (Lipinski definition) is 5. The molecule has 0 bridgehead atoms. The summed E-state index contributed by atoms with van der Waals surface area (Å²) >= 11 is 0. The molecule has 5 aromatic rings. The van der Waals surface area contributed by atoms with Gasteiger partial charge >= 0.3 is 0 Å². The largest absolute Gasteiger partial charge is 0.354 e. The van der Waals surface area contributed by atoms with Gasteiger partial charge in [-0.3, -0.25) is 0 Å². The quantitative estimate of drug-likeness (QED) is 0.370. The van der Waals surface area contributed by atoms with E-state index in [9.17, 15) is 0 Å². The zero-order chi connectivity index (χ0) is 25.0. The maximum Gasteiger partial charge on any atom is 0.151 e. The van der Waals surface area contributed by atoms with E-state index in [4.69, 9.17) is 4.98 Å². The third kappa shape index (κ3) is 3.82. The molecule has 7 nitrogen and oxygen atoms in total. The number of benzene rings is 1. The Bertz CT molecular complexity index is 1560. The molecule has 8 heteroatoms. The van der Waals surface area contributed by atoms with Crippen molar-refractivity contribution >= 4 is 27.9 Å². The van der Waals surface area contributed by atoms with Gasteiger partial charge in [-0.1, -0.05) is 0 Å². The molecule has 184 valence electrons. The lowest BCUT2D eigenvalue weighted by Gasteiger charge is -2.33. The van der Waals surface area contributed by atoms with Crippen LogP contribution in [0.15, 0.2) is 48.9 Å². The van der Waals surface area contributed by atoms with Crippen molar-refractivity contribution in [2.45, 2.75) is 26.8 Å². The first-order chi connectivity index (χ1) is 17.4. The second-order valence-electron chi connectivity index (χ2n) is 9.97. The second-order valence-corrected chi connectivity index (χ2v) is 9.97. The van der Waals surface area contributed by atoms with Crippen LogP contribution in [0.2, 0.25) is 0 Å². The van der Waals surface area contributed by atoms with Gasteiger partial charge in [0.05, 0.1) is 5.52 Å². The molecule has 36 heavy (non-hydrogen) atoms. The SMILES string of the molecule is Cc1nc2c(F)cc(-c3c[nH]c4ncc(-c5ccc(N6CCN(C)CC6)nc5)cc34)cc2n1C(C)C. The van der Waals surface area contributed by atoms with Gasteiger partial charge in [0.1, 0.15) is 22.8 Å². The van der Waals surface area contributed by atoms with E-state index >= 15 is 4.39 Å². The maximum absolute atomic E-state index is 15.1. The number of imidazole rings is 1. The van der Waals surface area contributed by atoms with E-state index in [1.165, 1.54) is 0 Å². The van der Waals surface area contributed by atoms with Gasteiger partial charge < -0.3 is 19.4 Å². The first-order valence-corrected chi connectivity index (χ1v) is 12.4. The number of anilines is 1. The molecule has 0 atom stereocenters. The van der Waals surface area contributed by atoms with Crippen LogP contribution in [0.4, 0.5) is 10.2 Å². The lowest BCUT2D eigenvalue weighted by atomic mass is 10.0. The first kappa shape index (κ1) is 22.7. The van der Waals surface area contributed by atoms with Crippen LogP contribution in [-0.2, 0) is 0 Å². The summed E-state index contributed by atoms with van der Waals surface area (Å²) in [4.78, 5) is 21.8. The molecule has 1 aromatic carbocycles. The fourth-order valence-electron chi connectivity index (χ4n) is 5.26. The highest BCUT2D eigenvalue weighted by Gasteiger charge is 2.18. The van der Waals surface area contributed by atoms with Crippen LogP contribution in [0.25, 0.3) is 44.3 Å². The van der Waals surface area contributed by atoms with Crippen molar-refractivity contribution in [3.05, 3.63) is 60.6 Å². The number of H-pyrrole nitrogens is 1. The Kier molecular flexibility index (Phi) is 5.48. The number of nitrogens with one attached hydrogen (secondary N) is 1. The van der Waals surface area contributed by atoms with Crippen molar-refractivity contribution in [2.75, 3.05) is 38.1 Å². The topological polar surface area (TPSA) is 65.9 Å². The zero-order valence-electron chi connectivity index (χ0n) is 21.1. The van der Waals surface area contributed by atoms with Crippen molar-refractivity contribution in [1.82, 2.24) is 29.4 Å². The number of halogens is 1. The van der Waals surface area contributed by atoms with Crippen LogP contribution < -0.4 is 4.90 Å². The molecule has 1 aliphatic heterocycles. The van der Waals surface area contributed by atoms with E-state index in [1.807, 2.05) is 31.6 Å². The van der Waals surface area contributed by atoms with Crippen molar-refractivity contribution in [3.63, 3.8) is 0 Å². The predicted molar refractivity (Wildman–Crippen MR) is 143 cm³/mol. The molecule has 0 saturated carbocycles. The van der Waals surface area contributed by atoms with Gasteiger partial charge in [0.15, 0.2) is 5.82 Å². The predicted octanol–water partition coefficient (Wildman–Crippen LogP) is 5.42. The standard InChI is InChI=1S/C28H30FN7/c1-17(2)36-18(3)33-27-24(29)12-20(13-25(27)36)23-16-32-28-22(23)11-21(15-31-28)19-5-6-26(30-14-19)35-9-7-34(4)8-10-35/h5-6,11-17H,7-10H2,1-4H3,(H,31,32). The lowest BCUT2D eigenvalue weighted by molar-refractivity contribution is 0.312. The molecule has 4 aromatic heterocycles. The van der Waals surface area contributed by atoms with E-state index in [0.29, 0.717) is 5.52 Å². The van der Waals surface area contributed by atoms with E-state index in [0.717, 1.165) is 76.6 Å². The molecular weight excluding hydrogens is 453 g/mol. The average Bonchev–Trinajstić information content (AvgIpc) is 3.45. The molecule has 0 aliphatic carbocycles. The Morgan fingerprint density at radius 3 is 2.44 bits per heavy atom. The van der Waals surface area contributed by atoms with Crippen molar-refractivity contribution in [3.8, 4) is 22.3 Å². The summed E-state index contributed by atoms with van der Waals surface area (Å²) < 4.78 is 17.2. The Hall–Kier alpha value is -3.78. The summed E-state index contributed by atoms with van der Waals surface area (Å²) in [5.41, 5.74) is 5.68. The van der Waals surface area contributed by atoms with Crippen LogP contribution >= 0.6 is 0 Å².